The summed E-state index contributed by atoms with van der Waals surface area (Å²) < 4.78 is 30.8. The van der Waals surface area contributed by atoms with E-state index < -0.39 is 10.1 Å². The molecule has 0 atom stereocenters. The fourth-order valence-electron chi connectivity index (χ4n) is 3.96. The first-order valence-corrected chi connectivity index (χ1v) is 15.9. The van der Waals surface area contributed by atoms with Gasteiger partial charge >= 0.3 is 10.1 Å². The van der Waals surface area contributed by atoms with E-state index in [4.69, 9.17) is 44.0 Å². The van der Waals surface area contributed by atoms with Gasteiger partial charge in [-0.05, 0) is 104 Å². The van der Waals surface area contributed by atoms with Crippen molar-refractivity contribution < 1.29 is 17.4 Å². The van der Waals surface area contributed by atoms with Crippen molar-refractivity contribution in [3.8, 4) is 5.75 Å². The molecular formula is C31H23Cl3N2O4S2. The second kappa shape index (κ2) is 12.1. The van der Waals surface area contributed by atoms with E-state index in [0.717, 1.165) is 16.7 Å². The maximum absolute atomic E-state index is 13.7. The third-order valence-corrected chi connectivity index (χ3v) is 9.69. The summed E-state index contributed by atoms with van der Waals surface area (Å²) in [5.41, 5.74) is 4.42. The lowest BCUT2D eigenvalue weighted by Gasteiger charge is -2.16. The van der Waals surface area contributed by atoms with Gasteiger partial charge < -0.3 is 4.18 Å². The van der Waals surface area contributed by atoms with E-state index in [0.29, 0.717) is 37.1 Å². The molecule has 5 rings (SSSR count). The lowest BCUT2D eigenvalue weighted by Crippen LogP contribution is -2.28. The number of carbonyl (C=O) groups is 1. The molecule has 6 nitrogen and oxygen atoms in total. The molecule has 4 aromatic rings. The van der Waals surface area contributed by atoms with Crippen molar-refractivity contribution in [2.75, 3.05) is 4.90 Å². The van der Waals surface area contributed by atoms with Crippen LogP contribution < -0.4 is 9.08 Å². The Morgan fingerprint density at radius 1 is 0.810 bits per heavy atom. The second-order valence-electron chi connectivity index (χ2n) is 9.55. The summed E-state index contributed by atoms with van der Waals surface area (Å²) >= 11 is 20.3. The fourth-order valence-corrected chi connectivity index (χ4v) is 6.53. The Morgan fingerprint density at radius 2 is 1.48 bits per heavy atom. The minimum absolute atomic E-state index is 0.0151. The average molecular weight is 658 g/mol. The number of anilines is 1. The highest BCUT2D eigenvalue weighted by molar-refractivity contribution is 8.19. The van der Waals surface area contributed by atoms with Gasteiger partial charge in [-0.15, -0.1) is 0 Å². The van der Waals surface area contributed by atoms with E-state index >= 15 is 0 Å². The van der Waals surface area contributed by atoms with Crippen LogP contribution in [0, 0.1) is 20.8 Å². The van der Waals surface area contributed by atoms with E-state index in [9.17, 15) is 13.2 Å². The molecule has 0 aliphatic carbocycles. The topological polar surface area (TPSA) is 76.0 Å². The molecule has 1 amide bonds. The van der Waals surface area contributed by atoms with Crippen molar-refractivity contribution in [1.82, 2.24) is 0 Å². The summed E-state index contributed by atoms with van der Waals surface area (Å²) in [6, 6.07) is 21.7. The number of aryl methyl sites for hydroxylation is 3. The number of amidine groups is 1. The van der Waals surface area contributed by atoms with Crippen LogP contribution in [0.4, 0.5) is 11.4 Å². The highest BCUT2D eigenvalue weighted by Crippen LogP contribution is 2.39. The normalized spacial score (nSPS) is 15.6. The van der Waals surface area contributed by atoms with Crippen molar-refractivity contribution in [3.05, 3.63) is 121 Å². The minimum Gasteiger partial charge on any atom is -0.377 e. The zero-order chi connectivity index (χ0) is 30.2. The van der Waals surface area contributed by atoms with Gasteiger partial charge in [-0.1, -0.05) is 70.7 Å². The van der Waals surface area contributed by atoms with Crippen molar-refractivity contribution >= 4 is 85.2 Å². The van der Waals surface area contributed by atoms with Crippen molar-refractivity contribution in [3.63, 3.8) is 0 Å². The van der Waals surface area contributed by atoms with Crippen LogP contribution in [-0.4, -0.2) is 19.5 Å². The number of hydrogen-bond donors (Lipinski definition) is 0. The van der Waals surface area contributed by atoms with Gasteiger partial charge in [0.2, 0.25) is 0 Å². The smallest absolute Gasteiger partial charge is 0.339 e. The molecule has 1 aliphatic heterocycles. The second-order valence-corrected chi connectivity index (χ2v) is 13.3. The van der Waals surface area contributed by atoms with E-state index in [1.165, 1.54) is 40.9 Å². The van der Waals surface area contributed by atoms with Gasteiger partial charge in [-0.2, -0.15) is 8.42 Å². The van der Waals surface area contributed by atoms with Crippen molar-refractivity contribution in [1.29, 1.82) is 0 Å². The average Bonchev–Trinajstić information content (AvgIpc) is 3.23. The third kappa shape index (κ3) is 6.53. The molecule has 0 spiro atoms. The molecule has 0 saturated carbocycles. The van der Waals surface area contributed by atoms with Crippen molar-refractivity contribution in [2.24, 2.45) is 4.99 Å². The van der Waals surface area contributed by atoms with Gasteiger partial charge in [0, 0.05) is 10.0 Å². The minimum atomic E-state index is -4.08. The molecule has 11 heteroatoms. The van der Waals surface area contributed by atoms with Gasteiger partial charge in [0.25, 0.3) is 5.91 Å². The first-order valence-electron chi connectivity index (χ1n) is 12.6. The van der Waals surface area contributed by atoms with Crippen molar-refractivity contribution in [2.45, 2.75) is 25.7 Å². The molecule has 0 unspecified atom stereocenters. The number of rotatable bonds is 6. The molecule has 1 fully saturated rings. The summed E-state index contributed by atoms with van der Waals surface area (Å²) in [6.07, 6.45) is 1.66. The Balaban J connectivity index is 1.48. The lowest BCUT2D eigenvalue weighted by atomic mass is 10.2. The number of hydrogen-bond acceptors (Lipinski definition) is 6. The molecule has 1 saturated heterocycles. The van der Waals surface area contributed by atoms with Gasteiger partial charge in [-0.25, -0.2) is 4.99 Å². The number of aliphatic imine (C=N–C) groups is 1. The van der Waals surface area contributed by atoms with Crippen LogP contribution >= 0.6 is 46.6 Å². The molecular weight excluding hydrogens is 635 g/mol. The summed E-state index contributed by atoms with van der Waals surface area (Å²) in [4.78, 5) is 20.3. The Labute approximate surface area is 263 Å². The van der Waals surface area contributed by atoms with Crippen LogP contribution in [0.5, 0.6) is 5.75 Å². The monoisotopic (exact) mass is 656 g/mol. The first kappa shape index (κ1) is 30.2. The quantitative estimate of drug-likeness (QED) is 0.153. The van der Waals surface area contributed by atoms with E-state index in [2.05, 4.69) is 0 Å². The molecule has 214 valence electrons. The van der Waals surface area contributed by atoms with Crippen LogP contribution in [0.15, 0.2) is 93.7 Å². The van der Waals surface area contributed by atoms with E-state index in [1.54, 1.807) is 42.5 Å². The number of amides is 1. The zero-order valence-electron chi connectivity index (χ0n) is 22.6. The maximum atomic E-state index is 13.7. The van der Waals surface area contributed by atoms with Crippen LogP contribution in [0.3, 0.4) is 0 Å². The lowest BCUT2D eigenvalue weighted by molar-refractivity contribution is -0.113. The largest absolute Gasteiger partial charge is 0.377 e. The van der Waals surface area contributed by atoms with Crippen LogP contribution in [0.2, 0.25) is 15.1 Å². The van der Waals surface area contributed by atoms with Gasteiger partial charge in [0.1, 0.15) is 4.90 Å². The first-order chi connectivity index (χ1) is 19.9. The standard InChI is InChI=1S/C31H23Cl3N2O4S2/c1-18-4-11-24(12-5-18)42(38,39)40-28-13-8-21(14-27(28)34)15-29-30(37)36(23-10-7-20(3)26(33)17-23)31(41-29)35-22-9-6-19(2)25(32)16-22/h4-17H,1-3H3/b29-15+,35-31?. The fraction of sp³-hybridized carbons (Fsp3) is 0.0968. The Hall–Kier alpha value is -3.27. The SMILES string of the molecule is Cc1ccc(S(=O)(=O)Oc2ccc(/C=C3/SC(=Nc4ccc(C)c(Cl)c4)N(c4ccc(C)c(Cl)c4)C3=O)cc2Cl)cc1. The molecule has 0 bridgehead atoms. The predicted octanol–water partition coefficient (Wildman–Crippen LogP) is 9.15. The molecule has 1 heterocycles. The van der Waals surface area contributed by atoms with Crippen LogP contribution in [-0.2, 0) is 14.9 Å². The molecule has 0 aromatic heterocycles. The van der Waals surface area contributed by atoms with E-state index in [1.807, 2.05) is 39.0 Å². The van der Waals surface area contributed by atoms with Gasteiger partial charge in [0.05, 0.1) is 21.3 Å². The summed E-state index contributed by atoms with van der Waals surface area (Å²) in [5.74, 6) is -0.338. The molecule has 42 heavy (non-hydrogen) atoms. The summed E-state index contributed by atoms with van der Waals surface area (Å²) in [6.45, 7) is 5.63. The number of thioether (sulfide) groups is 1. The maximum Gasteiger partial charge on any atom is 0.339 e. The number of nitrogens with zero attached hydrogens (tertiary/aromatic N) is 2. The highest BCUT2D eigenvalue weighted by atomic mass is 35.5. The Bertz CT molecular complexity index is 1890. The van der Waals surface area contributed by atoms with Gasteiger partial charge in [-0.3, -0.25) is 9.69 Å². The predicted molar refractivity (Wildman–Crippen MR) is 173 cm³/mol. The summed E-state index contributed by atoms with van der Waals surface area (Å²) in [5, 5.41) is 1.57. The third-order valence-electron chi connectivity index (χ3n) is 6.36. The molecule has 0 N–H and O–H groups in total. The molecule has 0 radical (unpaired) electrons. The van der Waals surface area contributed by atoms with E-state index in [-0.39, 0.29) is 21.6 Å². The Kier molecular flexibility index (Phi) is 8.73. The highest BCUT2D eigenvalue weighted by Gasteiger charge is 2.35. The number of halogens is 3. The summed E-state index contributed by atoms with van der Waals surface area (Å²) in [7, 11) is -4.08. The molecule has 4 aromatic carbocycles. The number of benzene rings is 4. The Morgan fingerprint density at radius 3 is 2.12 bits per heavy atom. The van der Waals surface area contributed by atoms with Crippen LogP contribution in [0.1, 0.15) is 22.3 Å². The molecule has 1 aliphatic rings. The van der Waals surface area contributed by atoms with Crippen LogP contribution in [0.25, 0.3) is 6.08 Å². The van der Waals surface area contributed by atoms with Gasteiger partial charge in [0.15, 0.2) is 10.9 Å². The zero-order valence-corrected chi connectivity index (χ0v) is 26.5. The number of carbonyl (C=O) groups excluding carboxylic acids is 1.